The molecule has 2 aromatic rings. The number of hydrogen-bond donors (Lipinski definition) is 0. The van der Waals surface area contributed by atoms with Gasteiger partial charge in [0.05, 0.1) is 10.4 Å². The zero-order valence-electron chi connectivity index (χ0n) is 6.20. The monoisotopic (exact) mass is 195 g/mol. The maximum absolute atomic E-state index is 5.85. The van der Waals surface area contributed by atoms with Gasteiger partial charge in [-0.25, -0.2) is 0 Å². The molecule has 0 radical (unpaired) electrons. The normalized spacial score (nSPS) is 10.1. The Morgan fingerprint density at radius 3 is 2.92 bits per heavy atom. The number of nitrogens with zero attached hydrogens (tertiary/aromatic N) is 1. The largest absolute Gasteiger partial charge is 0.252 e. The topological polar surface area (TPSA) is 12.9 Å². The first-order chi connectivity index (χ1) is 5.86. The molecule has 3 heteroatoms. The van der Waals surface area contributed by atoms with E-state index in [0.717, 1.165) is 15.5 Å². The number of halogens is 1. The Labute approximate surface area is 79.7 Å². The predicted molar refractivity (Wildman–Crippen MR) is 52.6 cm³/mol. The van der Waals surface area contributed by atoms with Crippen LogP contribution in [0.5, 0.6) is 0 Å². The molecule has 0 amide bonds. The van der Waals surface area contributed by atoms with Crippen LogP contribution in [0.1, 0.15) is 0 Å². The summed E-state index contributed by atoms with van der Waals surface area (Å²) < 4.78 is 0. The Bertz CT molecular complexity index is 370. The highest BCUT2D eigenvalue weighted by atomic mass is 35.5. The molecule has 0 aliphatic carbocycles. The lowest BCUT2D eigenvalue weighted by Gasteiger charge is -1.95. The van der Waals surface area contributed by atoms with Crippen LogP contribution in [0.15, 0.2) is 36.0 Å². The second-order valence-corrected chi connectivity index (χ2v) is 3.70. The molecule has 0 aliphatic heterocycles. The van der Waals surface area contributed by atoms with E-state index < -0.39 is 0 Å². The van der Waals surface area contributed by atoms with Gasteiger partial charge >= 0.3 is 0 Å². The highest BCUT2D eigenvalue weighted by Crippen LogP contribution is 2.25. The van der Waals surface area contributed by atoms with E-state index in [1.54, 1.807) is 11.3 Å². The highest BCUT2D eigenvalue weighted by molar-refractivity contribution is 7.13. The third-order valence-corrected chi connectivity index (χ3v) is 2.60. The van der Waals surface area contributed by atoms with Crippen LogP contribution in [0.4, 0.5) is 0 Å². The summed E-state index contributed by atoms with van der Waals surface area (Å²) in [5, 5.41) is 0.765. The first-order valence-corrected chi connectivity index (χ1v) is 4.76. The van der Waals surface area contributed by atoms with Gasteiger partial charge in [0.25, 0.3) is 0 Å². The average molecular weight is 196 g/mol. The maximum Gasteiger partial charge on any atom is 0.0797 e. The zero-order chi connectivity index (χ0) is 8.39. The van der Waals surface area contributed by atoms with Crippen molar-refractivity contribution in [3.8, 4) is 10.4 Å². The minimum Gasteiger partial charge on any atom is -0.252 e. The summed E-state index contributed by atoms with van der Waals surface area (Å²) >= 11 is 7.46. The van der Waals surface area contributed by atoms with Gasteiger partial charge in [-0.15, -0.1) is 11.3 Å². The lowest BCUT2D eigenvalue weighted by molar-refractivity contribution is 1.42. The number of benzene rings is 1. The van der Waals surface area contributed by atoms with E-state index in [9.17, 15) is 0 Å². The SMILES string of the molecule is Clc1cccc(-c2cncs2)c1. The summed E-state index contributed by atoms with van der Waals surface area (Å²) in [6.45, 7) is 0. The maximum atomic E-state index is 5.85. The molecule has 0 unspecified atom stereocenters. The molecule has 1 heterocycles. The molecule has 0 fully saturated rings. The molecule has 1 nitrogen and oxygen atoms in total. The zero-order valence-corrected chi connectivity index (χ0v) is 7.77. The van der Waals surface area contributed by atoms with Crippen LogP contribution in [0.2, 0.25) is 5.02 Å². The van der Waals surface area contributed by atoms with Crippen LogP contribution in [-0.4, -0.2) is 4.98 Å². The first kappa shape index (κ1) is 7.77. The fraction of sp³-hybridized carbons (Fsp3) is 0. The smallest absolute Gasteiger partial charge is 0.0797 e. The molecule has 0 N–H and O–H groups in total. The summed E-state index contributed by atoms with van der Waals surface area (Å²) in [6.07, 6.45) is 1.84. The van der Waals surface area contributed by atoms with Crippen molar-refractivity contribution in [3.05, 3.63) is 41.0 Å². The number of rotatable bonds is 1. The van der Waals surface area contributed by atoms with Crippen molar-refractivity contribution in [1.29, 1.82) is 0 Å². The van der Waals surface area contributed by atoms with Crippen molar-refractivity contribution in [3.63, 3.8) is 0 Å². The number of aromatic nitrogens is 1. The van der Waals surface area contributed by atoms with E-state index >= 15 is 0 Å². The van der Waals surface area contributed by atoms with Crippen LogP contribution in [0, 0.1) is 0 Å². The molecule has 0 bridgehead atoms. The van der Waals surface area contributed by atoms with Crippen molar-refractivity contribution in [2.24, 2.45) is 0 Å². The molecular formula is C9H6ClNS. The number of thiazole rings is 1. The van der Waals surface area contributed by atoms with Crippen molar-refractivity contribution in [1.82, 2.24) is 4.98 Å². The Balaban J connectivity index is 2.48. The summed E-state index contributed by atoms with van der Waals surface area (Å²) in [4.78, 5) is 5.15. The molecule has 2 rings (SSSR count). The highest BCUT2D eigenvalue weighted by Gasteiger charge is 1.98. The molecule has 0 saturated carbocycles. The fourth-order valence-electron chi connectivity index (χ4n) is 1.00. The summed E-state index contributed by atoms with van der Waals surface area (Å²) in [7, 11) is 0. The van der Waals surface area contributed by atoms with E-state index in [1.807, 2.05) is 36.0 Å². The van der Waals surface area contributed by atoms with Crippen molar-refractivity contribution in [2.75, 3.05) is 0 Å². The van der Waals surface area contributed by atoms with Gasteiger partial charge < -0.3 is 0 Å². The molecule has 60 valence electrons. The summed E-state index contributed by atoms with van der Waals surface area (Å²) in [5.41, 5.74) is 2.95. The molecule has 0 aliphatic rings. The van der Waals surface area contributed by atoms with Crippen LogP contribution >= 0.6 is 22.9 Å². The van der Waals surface area contributed by atoms with Gasteiger partial charge in [-0.2, -0.15) is 0 Å². The van der Waals surface area contributed by atoms with Gasteiger partial charge in [0.1, 0.15) is 0 Å². The predicted octanol–water partition coefficient (Wildman–Crippen LogP) is 3.46. The standard InChI is InChI=1S/C9H6ClNS/c10-8-3-1-2-7(4-8)9-5-11-6-12-9/h1-6H. The Kier molecular flexibility index (Phi) is 2.11. The van der Waals surface area contributed by atoms with Crippen molar-refractivity contribution >= 4 is 22.9 Å². The minimum absolute atomic E-state index is 0.765. The fourth-order valence-corrected chi connectivity index (χ4v) is 1.81. The molecule has 12 heavy (non-hydrogen) atoms. The van der Waals surface area contributed by atoms with Gasteiger partial charge in [0, 0.05) is 11.2 Å². The Morgan fingerprint density at radius 2 is 2.25 bits per heavy atom. The molecule has 0 saturated heterocycles. The van der Waals surface area contributed by atoms with Gasteiger partial charge in [-0.3, -0.25) is 4.98 Å². The Morgan fingerprint density at radius 1 is 1.33 bits per heavy atom. The molecular weight excluding hydrogens is 190 g/mol. The van der Waals surface area contributed by atoms with E-state index in [0.29, 0.717) is 0 Å². The lowest BCUT2D eigenvalue weighted by atomic mass is 10.2. The van der Waals surface area contributed by atoms with E-state index in [1.165, 1.54) is 0 Å². The van der Waals surface area contributed by atoms with Crippen LogP contribution in [0.3, 0.4) is 0 Å². The molecule has 0 spiro atoms. The van der Waals surface area contributed by atoms with Crippen LogP contribution in [-0.2, 0) is 0 Å². The van der Waals surface area contributed by atoms with Crippen LogP contribution < -0.4 is 0 Å². The first-order valence-electron chi connectivity index (χ1n) is 3.51. The van der Waals surface area contributed by atoms with Gasteiger partial charge in [-0.05, 0) is 17.7 Å². The van der Waals surface area contributed by atoms with E-state index in [4.69, 9.17) is 11.6 Å². The van der Waals surface area contributed by atoms with E-state index in [-0.39, 0.29) is 0 Å². The lowest BCUT2D eigenvalue weighted by Crippen LogP contribution is -1.70. The molecule has 0 atom stereocenters. The average Bonchev–Trinajstić information content (AvgIpc) is 2.56. The molecule has 1 aromatic carbocycles. The molecule has 1 aromatic heterocycles. The van der Waals surface area contributed by atoms with Crippen molar-refractivity contribution < 1.29 is 0 Å². The summed E-state index contributed by atoms with van der Waals surface area (Å²) in [6, 6.07) is 7.78. The summed E-state index contributed by atoms with van der Waals surface area (Å²) in [5.74, 6) is 0. The van der Waals surface area contributed by atoms with E-state index in [2.05, 4.69) is 4.98 Å². The second-order valence-electron chi connectivity index (χ2n) is 2.38. The minimum atomic E-state index is 0.765. The van der Waals surface area contributed by atoms with Crippen molar-refractivity contribution in [2.45, 2.75) is 0 Å². The second kappa shape index (κ2) is 3.25. The third-order valence-electron chi connectivity index (χ3n) is 1.54. The van der Waals surface area contributed by atoms with Gasteiger partial charge in [-0.1, -0.05) is 23.7 Å². The van der Waals surface area contributed by atoms with Gasteiger partial charge in [0.2, 0.25) is 0 Å². The Hall–Kier alpha value is -0.860. The van der Waals surface area contributed by atoms with Crippen LogP contribution in [0.25, 0.3) is 10.4 Å². The quantitative estimate of drug-likeness (QED) is 0.679. The number of hydrogen-bond acceptors (Lipinski definition) is 2. The van der Waals surface area contributed by atoms with Gasteiger partial charge in [0.15, 0.2) is 0 Å². The third kappa shape index (κ3) is 1.49.